The third-order valence-electron chi connectivity index (χ3n) is 3.05. The average Bonchev–Trinajstić information content (AvgIpc) is 2.18. The van der Waals surface area contributed by atoms with Crippen LogP contribution >= 0.6 is 0 Å². The second-order valence-electron chi connectivity index (χ2n) is 4.32. The lowest BCUT2D eigenvalue weighted by molar-refractivity contribution is -0.128. The lowest BCUT2D eigenvalue weighted by atomic mass is 9.98. The van der Waals surface area contributed by atoms with E-state index in [0.717, 1.165) is 19.4 Å². The van der Waals surface area contributed by atoms with Crippen LogP contribution in [0, 0.1) is 5.92 Å². The summed E-state index contributed by atoms with van der Waals surface area (Å²) in [7, 11) is 0. The van der Waals surface area contributed by atoms with Gasteiger partial charge in [0, 0.05) is 12.6 Å². The van der Waals surface area contributed by atoms with E-state index in [1.165, 1.54) is 6.42 Å². The van der Waals surface area contributed by atoms with Gasteiger partial charge in [0.15, 0.2) is 0 Å². The highest BCUT2D eigenvalue weighted by Crippen LogP contribution is 2.16. The third kappa shape index (κ3) is 2.86. The highest BCUT2D eigenvalue weighted by molar-refractivity contribution is 5.88. The minimum Gasteiger partial charge on any atom is -0.336 e. The summed E-state index contributed by atoms with van der Waals surface area (Å²) in [5.41, 5.74) is 0. The van der Waals surface area contributed by atoms with Crippen molar-refractivity contribution in [3.05, 3.63) is 12.2 Å². The predicted octanol–water partition coefficient (Wildman–Crippen LogP) is 2.60. The lowest BCUT2D eigenvalue weighted by Gasteiger charge is -2.31. The Kier molecular flexibility index (Phi) is 4.18. The Morgan fingerprint density at radius 2 is 2.21 bits per heavy atom. The monoisotopic (exact) mass is 195 g/mol. The lowest BCUT2D eigenvalue weighted by Crippen LogP contribution is -2.40. The molecule has 0 aromatic carbocycles. The topological polar surface area (TPSA) is 20.3 Å². The van der Waals surface area contributed by atoms with Gasteiger partial charge in [-0.3, -0.25) is 4.79 Å². The van der Waals surface area contributed by atoms with Crippen molar-refractivity contribution in [3.8, 4) is 0 Å². The number of amides is 1. The van der Waals surface area contributed by atoms with Crippen molar-refractivity contribution in [1.29, 1.82) is 0 Å². The van der Waals surface area contributed by atoms with Gasteiger partial charge < -0.3 is 4.90 Å². The van der Waals surface area contributed by atoms with Gasteiger partial charge >= 0.3 is 0 Å². The van der Waals surface area contributed by atoms with E-state index in [9.17, 15) is 4.79 Å². The molecule has 0 aromatic heterocycles. The Bertz CT molecular complexity index is 222. The molecule has 80 valence electrons. The molecule has 1 amide bonds. The highest BCUT2D eigenvalue weighted by Gasteiger charge is 2.20. The number of hydrogen-bond acceptors (Lipinski definition) is 1. The van der Waals surface area contributed by atoms with E-state index in [-0.39, 0.29) is 5.91 Å². The summed E-state index contributed by atoms with van der Waals surface area (Å²) in [5.74, 6) is 0.899. The predicted molar refractivity (Wildman–Crippen MR) is 59.0 cm³/mol. The average molecular weight is 195 g/mol. The molecule has 2 heteroatoms. The van der Waals surface area contributed by atoms with Crippen LogP contribution in [0.15, 0.2) is 12.2 Å². The van der Waals surface area contributed by atoms with Crippen molar-refractivity contribution < 1.29 is 4.79 Å². The molecule has 1 heterocycles. The molecule has 1 rings (SSSR count). The molecule has 0 aromatic rings. The molecule has 2 unspecified atom stereocenters. The molecule has 2 nitrogen and oxygen atoms in total. The fraction of sp³-hybridized carbons (Fsp3) is 0.750. The molecule has 0 saturated heterocycles. The Balaban J connectivity index is 2.47. The van der Waals surface area contributed by atoms with Gasteiger partial charge in [0.25, 0.3) is 0 Å². The minimum absolute atomic E-state index is 0.187. The summed E-state index contributed by atoms with van der Waals surface area (Å²) in [6, 6.07) is 0.391. The Morgan fingerprint density at radius 1 is 1.50 bits per heavy atom. The van der Waals surface area contributed by atoms with Gasteiger partial charge in [-0.25, -0.2) is 0 Å². The largest absolute Gasteiger partial charge is 0.336 e. The Morgan fingerprint density at radius 3 is 2.79 bits per heavy atom. The van der Waals surface area contributed by atoms with Crippen LogP contribution in [-0.2, 0) is 4.79 Å². The molecule has 1 aliphatic heterocycles. The number of carbonyl (C=O) groups is 1. The molecule has 1 aliphatic rings. The standard InChI is InChI=1S/C12H21NO/c1-4-10(2)9-11(3)13-8-6-5-7-12(13)14/h5,7,10-11H,4,6,8-9H2,1-3H3. The number of rotatable bonds is 4. The number of nitrogens with zero attached hydrogens (tertiary/aromatic N) is 1. The summed E-state index contributed by atoms with van der Waals surface area (Å²) in [6.45, 7) is 7.51. The summed E-state index contributed by atoms with van der Waals surface area (Å²) < 4.78 is 0. The molecule has 0 radical (unpaired) electrons. The SMILES string of the molecule is CCC(C)CC(C)N1CCC=CC1=O. The van der Waals surface area contributed by atoms with Crippen LogP contribution < -0.4 is 0 Å². The van der Waals surface area contributed by atoms with Gasteiger partial charge in [-0.2, -0.15) is 0 Å². The molecule has 2 atom stereocenters. The van der Waals surface area contributed by atoms with Gasteiger partial charge in [-0.05, 0) is 31.8 Å². The fourth-order valence-electron chi connectivity index (χ4n) is 1.92. The van der Waals surface area contributed by atoms with E-state index in [2.05, 4.69) is 20.8 Å². The highest BCUT2D eigenvalue weighted by atomic mass is 16.2. The minimum atomic E-state index is 0.187. The van der Waals surface area contributed by atoms with E-state index in [0.29, 0.717) is 12.0 Å². The zero-order valence-corrected chi connectivity index (χ0v) is 9.49. The summed E-state index contributed by atoms with van der Waals surface area (Å²) >= 11 is 0. The van der Waals surface area contributed by atoms with Crippen LogP contribution in [0.25, 0.3) is 0 Å². The molecular formula is C12H21NO. The van der Waals surface area contributed by atoms with Crippen LogP contribution in [0.5, 0.6) is 0 Å². The molecule has 0 spiro atoms. The maximum atomic E-state index is 11.5. The molecule has 0 N–H and O–H groups in total. The van der Waals surface area contributed by atoms with Gasteiger partial charge in [-0.15, -0.1) is 0 Å². The van der Waals surface area contributed by atoms with E-state index in [1.54, 1.807) is 6.08 Å². The molecule has 0 saturated carbocycles. The smallest absolute Gasteiger partial charge is 0.246 e. The van der Waals surface area contributed by atoms with E-state index >= 15 is 0 Å². The van der Waals surface area contributed by atoms with Crippen molar-refractivity contribution >= 4 is 5.91 Å². The second kappa shape index (κ2) is 5.18. The molecular weight excluding hydrogens is 174 g/mol. The van der Waals surface area contributed by atoms with Crippen molar-refractivity contribution in [2.75, 3.05) is 6.54 Å². The van der Waals surface area contributed by atoms with Crippen LogP contribution in [-0.4, -0.2) is 23.4 Å². The first-order chi connectivity index (χ1) is 6.65. The second-order valence-corrected chi connectivity index (χ2v) is 4.32. The quantitative estimate of drug-likeness (QED) is 0.675. The van der Waals surface area contributed by atoms with Gasteiger partial charge in [0.2, 0.25) is 5.91 Å². The van der Waals surface area contributed by atoms with Crippen LogP contribution in [0.3, 0.4) is 0 Å². The Labute approximate surface area is 87.0 Å². The fourth-order valence-corrected chi connectivity index (χ4v) is 1.92. The van der Waals surface area contributed by atoms with Crippen molar-refractivity contribution in [3.63, 3.8) is 0 Å². The summed E-state index contributed by atoms with van der Waals surface area (Å²) in [4.78, 5) is 13.5. The van der Waals surface area contributed by atoms with Crippen LogP contribution in [0.2, 0.25) is 0 Å². The Hall–Kier alpha value is -0.790. The normalized spacial score (nSPS) is 21.1. The molecule has 0 bridgehead atoms. The molecule has 14 heavy (non-hydrogen) atoms. The first-order valence-corrected chi connectivity index (χ1v) is 5.62. The van der Waals surface area contributed by atoms with Crippen molar-refractivity contribution in [1.82, 2.24) is 4.90 Å². The summed E-state index contributed by atoms with van der Waals surface area (Å²) in [6.07, 6.45) is 7.00. The first kappa shape index (κ1) is 11.3. The molecule has 0 fully saturated rings. The van der Waals surface area contributed by atoms with E-state index in [1.807, 2.05) is 11.0 Å². The zero-order valence-electron chi connectivity index (χ0n) is 9.49. The number of hydrogen-bond donors (Lipinski definition) is 0. The van der Waals surface area contributed by atoms with Crippen LogP contribution in [0.4, 0.5) is 0 Å². The first-order valence-electron chi connectivity index (χ1n) is 5.62. The number of carbonyl (C=O) groups excluding carboxylic acids is 1. The van der Waals surface area contributed by atoms with E-state index < -0.39 is 0 Å². The zero-order chi connectivity index (χ0) is 10.6. The maximum Gasteiger partial charge on any atom is 0.246 e. The van der Waals surface area contributed by atoms with Crippen LogP contribution in [0.1, 0.15) is 40.0 Å². The van der Waals surface area contributed by atoms with Crippen molar-refractivity contribution in [2.45, 2.75) is 46.1 Å². The van der Waals surface area contributed by atoms with Crippen molar-refractivity contribution in [2.24, 2.45) is 5.92 Å². The van der Waals surface area contributed by atoms with Gasteiger partial charge in [-0.1, -0.05) is 26.3 Å². The summed E-state index contributed by atoms with van der Waals surface area (Å²) in [5, 5.41) is 0. The van der Waals surface area contributed by atoms with Gasteiger partial charge in [0.05, 0.1) is 0 Å². The van der Waals surface area contributed by atoms with Gasteiger partial charge in [0.1, 0.15) is 0 Å². The third-order valence-corrected chi connectivity index (χ3v) is 3.05. The molecule has 0 aliphatic carbocycles. The van der Waals surface area contributed by atoms with E-state index in [4.69, 9.17) is 0 Å². The maximum absolute atomic E-state index is 11.5.